The SMILES string of the molecule is COc1cc(/C=C2\NC(=S)N(Cc3ccc(F)cc3)C2=O)ccc1-n1cnc(C)c1. The second-order valence-electron chi connectivity index (χ2n) is 6.86. The Bertz CT molecular complexity index is 1150. The van der Waals surface area contributed by atoms with Gasteiger partial charge in [-0.3, -0.25) is 9.69 Å². The Morgan fingerprint density at radius 2 is 2.00 bits per heavy atom. The van der Waals surface area contributed by atoms with Gasteiger partial charge in [-0.05, 0) is 60.6 Å². The number of carbonyl (C=O) groups is 1. The largest absolute Gasteiger partial charge is 0.495 e. The number of nitrogens with one attached hydrogen (secondary N) is 1. The number of hydrogen-bond donors (Lipinski definition) is 1. The molecule has 0 bridgehead atoms. The minimum atomic E-state index is -0.323. The highest BCUT2D eigenvalue weighted by atomic mass is 32.1. The van der Waals surface area contributed by atoms with Gasteiger partial charge in [0.2, 0.25) is 0 Å². The molecule has 4 rings (SSSR count). The second-order valence-corrected chi connectivity index (χ2v) is 7.25. The summed E-state index contributed by atoms with van der Waals surface area (Å²) >= 11 is 5.32. The number of nitrogens with zero attached hydrogens (tertiary/aromatic N) is 3. The lowest BCUT2D eigenvalue weighted by atomic mass is 10.1. The molecule has 2 aromatic carbocycles. The number of methoxy groups -OCH3 is 1. The van der Waals surface area contributed by atoms with Crippen LogP contribution >= 0.6 is 12.2 Å². The third kappa shape index (κ3) is 3.95. The van der Waals surface area contributed by atoms with Crippen LogP contribution in [0.2, 0.25) is 0 Å². The van der Waals surface area contributed by atoms with Crippen molar-refractivity contribution in [3.8, 4) is 11.4 Å². The normalized spacial score (nSPS) is 15.0. The van der Waals surface area contributed by atoms with Crippen LogP contribution in [0.3, 0.4) is 0 Å². The van der Waals surface area contributed by atoms with Gasteiger partial charge in [0.1, 0.15) is 17.3 Å². The minimum Gasteiger partial charge on any atom is -0.495 e. The molecule has 1 saturated heterocycles. The van der Waals surface area contributed by atoms with E-state index in [1.165, 1.54) is 17.0 Å². The molecule has 0 radical (unpaired) electrons. The van der Waals surface area contributed by atoms with E-state index in [1.807, 2.05) is 35.9 Å². The molecule has 6 nitrogen and oxygen atoms in total. The first-order valence-electron chi connectivity index (χ1n) is 9.22. The van der Waals surface area contributed by atoms with Crippen LogP contribution in [0.15, 0.2) is 60.7 Å². The average molecular weight is 422 g/mol. The number of halogens is 1. The topological polar surface area (TPSA) is 59.4 Å². The van der Waals surface area contributed by atoms with Crippen LogP contribution < -0.4 is 10.1 Å². The summed E-state index contributed by atoms with van der Waals surface area (Å²) in [6.07, 6.45) is 5.35. The molecule has 152 valence electrons. The fraction of sp³-hybridized carbons (Fsp3) is 0.136. The molecule has 1 fully saturated rings. The Hall–Kier alpha value is -3.52. The van der Waals surface area contributed by atoms with Crippen molar-refractivity contribution in [1.82, 2.24) is 19.8 Å². The maximum Gasteiger partial charge on any atom is 0.276 e. The van der Waals surface area contributed by atoms with Crippen LogP contribution in [-0.2, 0) is 11.3 Å². The number of carbonyl (C=O) groups excluding carboxylic acids is 1. The molecule has 30 heavy (non-hydrogen) atoms. The quantitative estimate of drug-likeness (QED) is 0.503. The van der Waals surface area contributed by atoms with Gasteiger partial charge in [-0.25, -0.2) is 9.37 Å². The number of imidazole rings is 1. The van der Waals surface area contributed by atoms with Crippen LogP contribution in [0.4, 0.5) is 4.39 Å². The molecule has 1 N–H and O–H groups in total. The fourth-order valence-electron chi connectivity index (χ4n) is 3.20. The van der Waals surface area contributed by atoms with Crippen molar-refractivity contribution >= 4 is 29.3 Å². The highest BCUT2D eigenvalue weighted by Crippen LogP contribution is 2.26. The van der Waals surface area contributed by atoms with E-state index in [0.717, 1.165) is 22.5 Å². The van der Waals surface area contributed by atoms with Gasteiger partial charge in [-0.15, -0.1) is 0 Å². The third-order valence-corrected chi connectivity index (χ3v) is 5.04. The molecule has 0 atom stereocenters. The molecule has 0 aliphatic carbocycles. The van der Waals surface area contributed by atoms with Gasteiger partial charge in [-0.1, -0.05) is 18.2 Å². The molecule has 3 aromatic rings. The van der Waals surface area contributed by atoms with Crippen molar-refractivity contribution in [3.63, 3.8) is 0 Å². The average Bonchev–Trinajstić information content (AvgIpc) is 3.28. The Kier molecular flexibility index (Phi) is 5.33. The summed E-state index contributed by atoms with van der Waals surface area (Å²) in [6, 6.07) is 11.6. The molecule has 2 heterocycles. The molecule has 0 spiro atoms. The van der Waals surface area contributed by atoms with Crippen LogP contribution in [0.5, 0.6) is 5.75 Å². The van der Waals surface area contributed by atoms with E-state index >= 15 is 0 Å². The molecular formula is C22H19FN4O2S. The van der Waals surface area contributed by atoms with Gasteiger partial charge in [0.05, 0.1) is 31.4 Å². The molecule has 0 unspecified atom stereocenters. The lowest BCUT2D eigenvalue weighted by molar-refractivity contribution is -0.122. The van der Waals surface area contributed by atoms with E-state index in [-0.39, 0.29) is 18.3 Å². The monoisotopic (exact) mass is 422 g/mol. The fourth-order valence-corrected chi connectivity index (χ4v) is 3.46. The maximum atomic E-state index is 13.1. The van der Waals surface area contributed by atoms with E-state index in [9.17, 15) is 9.18 Å². The summed E-state index contributed by atoms with van der Waals surface area (Å²) in [7, 11) is 1.60. The summed E-state index contributed by atoms with van der Waals surface area (Å²) in [5, 5.41) is 3.27. The second kappa shape index (κ2) is 8.08. The predicted octanol–water partition coefficient (Wildman–Crippen LogP) is 3.59. The summed E-state index contributed by atoms with van der Waals surface area (Å²) in [5.41, 5.74) is 3.69. The molecule has 1 aliphatic heterocycles. The van der Waals surface area contributed by atoms with Crippen molar-refractivity contribution in [2.45, 2.75) is 13.5 Å². The number of rotatable bonds is 5. The van der Waals surface area contributed by atoms with Crippen LogP contribution in [-0.4, -0.2) is 32.6 Å². The number of hydrogen-bond acceptors (Lipinski definition) is 4. The van der Waals surface area contributed by atoms with Crippen LogP contribution in [0.1, 0.15) is 16.8 Å². The first kappa shape index (κ1) is 19.8. The molecule has 1 aliphatic rings. The van der Waals surface area contributed by atoms with Crippen molar-refractivity contribution in [2.24, 2.45) is 0 Å². The number of aryl methyl sites for hydroxylation is 1. The first-order chi connectivity index (χ1) is 14.4. The van der Waals surface area contributed by atoms with E-state index in [0.29, 0.717) is 16.6 Å². The predicted molar refractivity (Wildman–Crippen MR) is 116 cm³/mol. The minimum absolute atomic E-state index is 0.238. The third-order valence-electron chi connectivity index (χ3n) is 4.72. The van der Waals surface area contributed by atoms with Crippen molar-refractivity contribution in [3.05, 3.63) is 83.3 Å². The number of aromatic nitrogens is 2. The zero-order valence-electron chi connectivity index (χ0n) is 16.4. The van der Waals surface area contributed by atoms with Gasteiger partial charge in [0.25, 0.3) is 5.91 Å². The van der Waals surface area contributed by atoms with E-state index in [4.69, 9.17) is 17.0 Å². The zero-order valence-corrected chi connectivity index (χ0v) is 17.2. The van der Waals surface area contributed by atoms with Crippen molar-refractivity contribution < 1.29 is 13.9 Å². The van der Waals surface area contributed by atoms with Gasteiger partial charge >= 0.3 is 0 Å². The number of benzene rings is 2. The van der Waals surface area contributed by atoms with Crippen LogP contribution in [0.25, 0.3) is 11.8 Å². The smallest absolute Gasteiger partial charge is 0.276 e. The van der Waals surface area contributed by atoms with E-state index in [2.05, 4.69) is 10.3 Å². The molecule has 1 amide bonds. The highest BCUT2D eigenvalue weighted by molar-refractivity contribution is 7.80. The molecule has 0 saturated carbocycles. The van der Waals surface area contributed by atoms with Gasteiger partial charge in [-0.2, -0.15) is 0 Å². The Labute approximate surface area is 178 Å². The summed E-state index contributed by atoms with van der Waals surface area (Å²) in [4.78, 5) is 18.5. The van der Waals surface area contributed by atoms with Crippen molar-refractivity contribution in [2.75, 3.05) is 7.11 Å². The summed E-state index contributed by atoms with van der Waals surface area (Å²) < 4.78 is 20.5. The Balaban J connectivity index is 1.58. The molecular weight excluding hydrogens is 403 g/mol. The Morgan fingerprint density at radius 3 is 2.67 bits per heavy atom. The molecule has 1 aromatic heterocycles. The zero-order chi connectivity index (χ0) is 21.3. The number of thiocarbonyl (C=S) groups is 1. The van der Waals surface area contributed by atoms with Gasteiger partial charge in [0.15, 0.2) is 5.11 Å². The summed E-state index contributed by atoms with van der Waals surface area (Å²) in [5.74, 6) is 0.0894. The molecule has 8 heteroatoms. The number of amides is 1. The Morgan fingerprint density at radius 1 is 1.23 bits per heavy atom. The maximum absolute atomic E-state index is 13.1. The van der Waals surface area contributed by atoms with E-state index in [1.54, 1.807) is 31.6 Å². The number of ether oxygens (including phenoxy) is 1. The van der Waals surface area contributed by atoms with Gasteiger partial charge in [0, 0.05) is 6.20 Å². The lowest BCUT2D eigenvalue weighted by Crippen LogP contribution is -2.30. The van der Waals surface area contributed by atoms with Crippen LogP contribution in [0, 0.1) is 12.7 Å². The standard InChI is InChI=1S/C22H19FN4O2S/c1-14-11-26(13-24-14)19-8-5-16(10-20(19)29-2)9-18-21(28)27(22(30)25-18)12-15-3-6-17(23)7-4-15/h3-11,13H,12H2,1-2H3,(H,25,30)/b18-9-. The highest BCUT2D eigenvalue weighted by Gasteiger charge is 2.30. The van der Waals surface area contributed by atoms with E-state index < -0.39 is 0 Å². The van der Waals surface area contributed by atoms with Gasteiger partial charge < -0.3 is 14.6 Å². The summed E-state index contributed by atoms with van der Waals surface area (Å²) in [6.45, 7) is 2.18. The van der Waals surface area contributed by atoms with Crippen molar-refractivity contribution in [1.29, 1.82) is 0 Å². The first-order valence-corrected chi connectivity index (χ1v) is 9.63. The lowest BCUT2D eigenvalue weighted by Gasteiger charge is -2.13.